The van der Waals surface area contributed by atoms with Crippen molar-refractivity contribution in [2.45, 2.75) is 25.2 Å². The predicted molar refractivity (Wildman–Crippen MR) is 200 cm³/mol. The van der Waals surface area contributed by atoms with Crippen LogP contribution in [0.4, 0.5) is 5.69 Å². The number of methoxy groups -OCH3 is 1. The summed E-state index contributed by atoms with van der Waals surface area (Å²) in [6.45, 7) is 1.86. The molecule has 1 saturated carbocycles. The number of phenols is 1. The number of nitrogens with zero attached hydrogens (tertiary/aromatic N) is 1. The lowest BCUT2D eigenvalue weighted by molar-refractivity contribution is -0.135. The van der Waals surface area contributed by atoms with Crippen LogP contribution in [0.3, 0.4) is 0 Å². The number of Topliss-reactive ketones (excluding diaryl/α,β-unsaturated/α-hetero) is 1. The van der Waals surface area contributed by atoms with Gasteiger partial charge in [-0.3, -0.25) is 19.2 Å². The lowest BCUT2D eigenvalue weighted by Crippen LogP contribution is -2.59. The number of anilines is 1. The highest BCUT2D eigenvalue weighted by Gasteiger charge is 2.65. The highest BCUT2D eigenvalue weighted by Crippen LogP contribution is 2.61. The van der Waals surface area contributed by atoms with Crippen LogP contribution in [0.15, 0.2) is 121 Å². The number of ether oxygens (including phenoxy) is 1. The fourth-order valence-corrected chi connectivity index (χ4v) is 9.28. The van der Waals surface area contributed by atoms with E-state index in [1.54, 1.807) is 36.4 Å². The lowest BCUT2D eigenvalue weighted by atomic mass is 9.45. The van der Waals surface area contributed by atoms with E-state index in [9.17, 15) is 14.7 Å². The van der Waals surface area contributed by atoms with E-state index < -0.39 is 35.0 Å². The van der Waals surface area contributed by atoms with E-state index in [1.165, 1.54) is 18.1 Å². The molecule has 0 spiro atoms. The minimum atomic E-state index is -1.32. The van der Waals surface area contributed by atoms with Crippen LogP contribution in [-0.4, -0.2) is 35.6 Å². The smallest absolute Gasteiger partial charge is 0.238 e. The molecule has 52 heavy (non-hydrogen) atoms. The molecule has 260 valence electrons. The van der Waals surface area contributed by atoms with E-state index in [4.69, 9.17) is 16.3 Å². The van der Waals surface area contributed by atoms with E-state index in [0.29, 0.717) is 39.6 Å². The third-order valence-corrected chi connectivity index (χ3v) is 11.9. The van der Waals surface area contributed by atoms with E-state index >= 15 is 9.59 Å². The van der Waals surface area contributed by atoms with Crippen molar-refractivity contribution in [3.05, 3.63) is 148 Å². The Morgan fingerprint density at radius 3 is 2.33 bits per heavy atom. The van der Waals surface area contributed by atoms with E-state index in [1.807, 2.05) is 85.8 Å². The zero-order valence-electron chi connectivity index (χ0n) is 28.7. The van der Waals surface area contributed by atoms with Crippen LogP contribution in [0, 0.1) is 36.5 Å². The Morgan fingerprint density at radius 2 is 1.62 bits per heavy atom. The quantitative estimate of drug-likeness (QED) is 0.161. The van der Waals surface area contributed by atoms with Gasteiger partial charge in [-0.2, -0.15) is 0 Å². The number of carbonyl (C=O) groups is 4. The van der Waals surface area contributed by atoms with Crippen LogP contribution in [0.5, 0.6) is 11.5 Å². The second-order valence-corrected chi connectivity index (χ2v) is 14.5. The van der Waals surface area contributed by atoms with Gasteiger partial charge in [-0.1, -0.05) is 108 Å². The number of phenolic OH excluding ortho intramolecular Hbond substituents is 1. The number of halogens is 1. The number of carbonyl (C=O) groups excluding carboxylic acids is 4. The molecule has 3 aliphatic carbocycles. The third-order valence-electron chi connectivity index (χ3n) is 11.5. The van der Waals surface area contributed by atoms with Crippen LogP contribution < -0.4 is 9.64 Å². The summed E-state index contributed by atoms with van der Waals surface area (Å²) < 4.78 is 5.37. The predicted octanol–water partition coefficient (Wildman–Crippen LogP) is 7.94. The Hall–Kier alpha value is -5.53. The molecule has 0 radical (unpaired) electrons. The number of ketones is 2. The first-order valence-electron chi connectivity index (χ1n) is 17.5. The third kappa shape index (κ3) is 5.09. The first-order valence-corrected chi connectivity index (χ1v) is 17.8. The molecule has 0 aromatic heterocycles. The molecule has 2 fully saturated rings. The number of aromatic hydroxyl groups is 1. The Labute approximate surface area is 306 Å². The number of benzene rings is 4. The number of hydrogen-bond donors (Lipinski definition) is 1. The first-order chi connectivity index (χ1) is 25.1. The summed E-state index contributed by atoms with van der Waals surface area (Å²) in [5.41, 5.74) is 3.23. The van der Waals surface area contributed by atoms with Crippen molar-refractivity contribution in [1.82, 2.24) is 0 Å². The standard InChI is InChI=1S/C44H36ClNO6/c1-25-13-16-29(22-36(25)45)46-42(50)31-18-17-30-33(40(31)43(46)51)23-35-41(49)32(27-9-5-3-6-10-27)24-39(48)44(35,28-11-7-4-8-12-28)34(30)19-14-26-15-20-37(47)38(21-26)52-2/h3-17,19-22,24,31,33-35,40,47H,18,23H2,1-2H3/t31-,33+,34-,35-,40-,44-/m0/s1. The SMILES string of the molecule is COc1cc(C=C[C@H]2C3=CC[C@@H]4C(=O)N(c5ccc(C)c(Cl)c5)C(=O)[C@@H]4[C@@H]3C[C@H]3C(=O)C(c4ccccc4)=CC(=O)[C@@]23c2ccccc2)ccc1O. The molecule has 6 atom stereocenters. The largest absolute Gasteiger partial charge is 0.504 e. The zero-order chi connectivity index (χ0) is 36.3. The summed E-state index contributed by atoms with van der Waals surface area (Å²) in [4.78, 5) is 60.0. The Morgan fingerprint density at radius 1 is 0.885 bits per heavy atom. The molecule has 8 heteroatoms. The molecule has 1 heterocycles. The number of fused-ring (bicyclic) bond motifs is 4. The highest BCUT2D eigenvalue weighted by molar-refractivity contribution is 6.33. The Balaban J connectivity index is 1.32. The molecule has 2 amide bonds. The van der Waals surface area contributed by atoms with Crippen LogP contribution in [0.2, 0.25) is 5.02 Å². The summed E-state index contributed by atoms with van der Waals surface area (Å²) in [7, 11) is 1.48. The summed E-state index contributed by atoms with van der Waals surface area (Å²) in [5, 5.41) is 10.7. The van der Waals surface area contributed by atoms with E-state index in [2.05, 4.69) is 0 Å². The number of hydrogen-bond acceptors (Lipinski definition) is 6. The van der Waals surface area contributed by atoms with Gasteiger partial charge in [0.15, 0.2) is 23.1 Å². The summed E-state index contributed by atoms with van der Waals surface area (Å²) in [5.74, 6) is -3.98. The van der Waals surface area contributed by atoms with Crippen LogP contribution in [0.1, 0.15) is 35.1 Å². The van der Waals surface area contributed by atoms with E-state index in [-0.39, 0.29) is 35.6 Å². The number of imide groups is 1. The van der Waals surface area contributed by atoms with Gasteiger partial charge < -0.3 is 9.84 Å². The van der Waals surface area contributed by atoms with Gasteiger partial charge >= 0.3 is 0 Å². The lowest BCUT2D eigenvalue weighted by Gasteiger charge is -2.54. The fourth-order valence-electron chi connectivity index (χ4n) is 9.10. The van der Waals surface area contributed by atoms with Crippen LogP contribution in [0.25, 0.3) is 11.6 Å². The number of allylic oxidation sites excluding steroid dienone is 5. The maximum atomic E-state index is 15.1. The van der Waals surface area contributed by atoms with Crippen molar-refractivity contribution in [2.24, 2.45) is 29.6 Å². The average Bonchev–Trinajstić information content (AvgIpc) is 3.42. The number of aryl methyl sites for hydroxylation is 1. The van der Waals surface area contributed by atoms with Gasteiger partial charge in [0.05, 0.1) is 30.0 Å². The normalized spacial score (nSPS) is 26.8. The summed E-state index contributed by atoms with van der Waals surface area (Å²) in [6, 6.07) is 28.8. The second-order valence-electron chi connectivity index (χ2n) is 14.1. The molecule has 1 N–H and O–H groups in total. The Kier molecular flexibility index (Phi) is 8.34. The van der Waals surface area contributed by atoms with Gasteiger partial charge in [0.25, 0.3) is 0 Å². The molecule has 1 saturated heterocycles. The van der Waals surface area contributed by atoms with Crippen molar-refractivity contribution in [3.8, 4) is 11.5 Å². The van der Waals surface area contributed by atoms with Crippen molar-refractivity contribution in [1.29, 1.82) is 0 Å². The van der Waals surface area contributed by atoms with Gasteiger partial charge in [0, 0.05) is 22.4 Å². The molecular formula is C44H36ClNO6. The molecule has 4 aromatic rings. The topological polar surface area (TPSA) is 101 Å². The fraction of sp³-hybridized carbons (Fsp3) is 0.227. The monoisotopic (exact) mass is 709 g/mol. The van der Waals surface area contributed by atoms with Crippen molar-refractivity contribution < 1.29 is 29.0 Å². The first kappa shape index (κ1) is 33.6. The molecule has 1 aliphatic heterocycles. The molecule has 4 aliphatic rings. The average molecular weight is 710 g/mol. The molecule has 4 aromatic carbocycles. The molecule has 7 nitrogen and oxygen atoms in total. The second kappa shape index (κ2) is 12.9. The van der Waals surface area contributed by atoms with Gasteiger partial charge in [0.2, 0.25) is 11.8 Å². The molecular weight excluding hydrogens is 674 g/mol. The van der Waals surface area contributed by atoms with Crippen LogP contribution in [-0.2, 0) is 24.6 Å². The summed E-state index contributed by atoms with van der Waals surface area (Å²) >= 11 is 6.46. The van der Waals surface area contributed by atoms with Gasteiger partial charge in [0.1, 0.15) is 0 Å². The number of amides is 2. The van der Waals surface area contributed by atoms with E-state index in [0.717, 1.165) is 16.7 Å². The van der Waals surface area contributed by atoms with Crippen molar-refractivity contribution >= 4 is 52.3 Å². The maximum Gasteiger partial charge on any atom is 0.238 e. The minimum Gasteiger partial charge on any atom is -0.504 e. The molecule has 0 unspecified atom stereocenters. The van der Waals surface area contributed by atoms with Crippen molar-refractivity contribution in [3.63, 3.8) is 0 Å². The summed E-state index contributed by atoms with van der Waals surface area (Å²) in [6.07, 6.45) is 7.90. The molecule has 0 bridgehead atoms. The minimum absolute atomic E-state index is 0.00491. The zero-order valence-corrected chi connectivity index (χ0v) is 29.4. The van der Waals surface area contributed by atoms with Gasteiger partial charge in [-0.25, -0.2) is 4.90 Å². The molecule has 8 rings (SSSR count). The van der Waals surface area contributed by atoms with Gasteiger partial charge in [-0.05, 0) is 78.3 Å². The maximum absolute atomic E-state index is 15.1. The highest BCUT2D eigenvalue weighted by atomic mass is 35.5. The Bertz CT molecular complexity index is 2240. The van der Waals surface area contributed by atoms with Crippen LogP contribution >= 0.6 is 11.6 Å². The number of rotatable bonds is 6. The van der Waals surface area contributed by atoms with Crippen molar-refractivity contribution in [2.75, 3.05) is 12.0 Å². The van der Waals surface area contributed by atoms with Gasteiger partial charge in [-0.15, -0.1) is 0 Å².